The molecular weight excluding hydrogens is 267 g/mol. The number of hydrogen-bond acceptors (Lipinski definition) is 2. The van der Waals surface area contributed by atoms with Gasteiger partial charge in [-0.15, -0.1) is 0 Å². The predicted molar refractivity (Wildman–Crippen MR) is 71.6 cm³/mol. The summed E-state index contributed by atoms with van der Waals surface area (Å²) in [6.07, 6.45) is -1.07. The molecule has 5 heteroatoms. The second kappa shape index (κ2) is 6.48. The third kappa shape index (κ3) is 4.13. The zero-order valence-electron chi connectivity index (χ0n) is 11.3. The SMILES string of the molecule is Oc1ccc(CCNC2CCCCC2C(F)(F)F)cc1. The maximum atomic E-state index is 12.9. The molecule has 0 aliphatic heterocycles. The van der Waals surface area contributed by atoms with Crippen molar-refractivity contribution in [2.24, 2.45) is 5.92 Å². The third-order valence-electron chi connectivity index (χ3n) is 3.94. The standard InChI is InChI=1S/C15H20F3NO/c16-15(17,18)13-3-1-2-4-14(13)19-10-9-11-5-7-12(20)8-6-11/h5-8,13-14,19-20H,1-4,9-10H2. The lowest BCUT2D eigenvalue weighted by atomic mass is 9.84. The Bertz CT molecular complexity index is 416. The Kier molecular flexibility index (Phi) is 4.91. The molecule has 1 fully saturated rings. The van der Waals surface area contributed by atoms with E-state index in [4.69, 9.17) is 5.11 Å². The average Bonchev–Trinajstić information content (AvgIpc) is 2.40. The van der Waals surface area contributed by atoms with Crippen molar-refractivity contribution in [3.8, 4) is 5.75 Å². The summed E-state index contributed by atoms with van der Waals surface area (Å²) in [5.74, 6) is -1.01. The van der Waals surface area contributed by atoms with E-state index < -0.39 is 18.1 Å². The topological polar surface area (TPSA) is 32.3 Å². The largest absolute Gasteiger partial charge is 0.508 e. The van der Waals surface area contributed by atoms with Crippen LogP contribution < -0.4 is 5.32 Å². The molecular formula is C15H20F3NO. The Morgan fingerprint density at radius 3 is 2.40 bits per heavy atom. The Balaban J connectivity index is 1.84. The van der Waals surface area contributed by atoms with Crippen LogP contribution in [0, 0.1) is 5.92 Å². The first-order chi connectivity index (χ1) is 9.47. The van der Waals surface area contributed by atoms with Crippen molar-refractivity contribution in [3.05, 3.63) is 29.8 Å². The molecule has 2 nitrogen and oxygen atoms in total. The fourth-order valence-corrected chi connectivity index (χ4v) is 2.83. The third-order valence-corrected chi connectivity index (χ3v) is 3.94. The highest BCUT2D eigenvalue weighted by Gasteiger charge is 2.45. The van der Waals surface area contributed by atoms with Crippen LogP contribution in [-0.4, -0.2) is 23.9 Å². The van der Waals surface area contributed by atoms with E-state index in [1.165, 1.54) is 0 Å². The molecule has 0 radical (unpaired) electrons. The molecule has 2 N–H and O–H groups in total. The minimum Gasteiger partial charge on any atom is -0.508 e. The summed E-state index contributed by atoms with van der Waals surface area (Å²) in [6.45, 7) is 0.530. The molecule has 1 aromatic rings. The quantitative estimate of drug-likeness (QED) is 0.886. The molecule has 1 aromatic carbocycles. The van der Waals surface area contributed by atoms with E-state index in [0.717, 1.165) is 12.0 Å². The van der Waals surface area contributed by atoms with Gasteiger partial charge in [-0.05, 0) is 43.5 Å². The predicted octanol–water partition coefficient (Wildman–Crippen LogP) is 3.65. The highest BCUT2D eigenvalue weighted by molar-refractivity contribution is 5.25. The fourth-order valence-electron chi connectivity index (χ4n) is 2.83. The number of nitrogens with one attached hydrogen (secondary N) is 1. The second-order valence-corrected chi connectivity index (χ2v) is 5.41. The minimum atomic E-state index is -4.10. The summed E-state index contributed by atoms with van der Waals surface area (Å²) in [5.41, 5.74) is 1.01. The molecule has 20 heavy (non-hydrogen) atoms. The van der Waals surface area contributed by atoms with Gasteiger partial charge in [0, 0.05) is 6.04 Å². The van der Waals surface area contributed by atoms with Crippen molar-refractivity contribution in [1.82, 2.24) is 5.32 Å². The summed E-state index contributed by atoms with van der Waals surface area (Å²) in [7, 11) is 0. The summed E-state index contributed by atoms with van der Waals surface area (Å²) in [4.78, 5) is 0. The van der Waals surface area contributed by atoms with Gasteiger partial charge in [0.1, 0.15) is 5.75 Å². The van der Waals surface area contributed by atoms with Gasteiger partial charge in [-0.25, -0.2) is 0 Å². The highest BCUT2D eigenvalue weighted by Crippen LogP contribution is 2.37. The van der Waals surface area contributed by atoms with Crippen LogP contribution in [0.1, 0.15) is 31.2 Å². The van der Waals surface area contributed by atoms with Gasteiger partial charge in [0.25, 0.3) is 0 Å². The normalized spacial score (nSPS) is 23.8. The van der Waals surface area contributed by atoms with Gasteiger partial charge in [0.05, 0.1) is 5.92 Å². The fraction of sp³-hybridized carbons (Fsp3) is 0.600. The zero-order chi connectivity index (χ0) is 14.6. The summed E-state index contributed by atoms with van der Waals surface area (Å²) in [6, 6.07) is 6.31. The van der Waals surface area contributed by atoms with Crippen molar-refractivity contribution in [2.75, 3.05) is 6.54 Å². The summed E-state index contributed by atoms with van der Waals surface area (Å²) >= 11 is 0. The molecule has 1 aliphatic carbocycles. The minimum absolute atomic E-state index is 0.200. The molecule has 2 unspecified atom stereocenters. The van der Waals surface area contributed by atoms with E-state index in [1.54, 1.807) is 24.3 Å². The van der Waals surface area contributed by atoms with Gasteiger partial charge in [-0.2, -0.15) is 13.2 Å². The lowest BCUT2D eigenvalue weighted by Crippen LogP contribution is -2.46. The lowest BCUT2D eigenvalue weighted by Gasteiger charge is -2.33. The molecule has 0 heterocycles. The Morgan fingerprint density at radius 1 is 1.10 bits per heavy atom. The number of phenols is 1. The monoisotopic (exact) mass is 287 g/mol. The van der Waals surface area contributed by atoms with Crippen molar-refractivity contribution in [1.29, 1.82) is 0 Å². The number of phenolic OH excluding ortho intramolecular Hbond substituents is 1. The number of benzene rings is 1. The van der Waals surface area contributed by atoms with E-state index >= 15 is 0 Å². The molecule has 1 saturated carbocycles. The molecule has 0 bridgehead atoms. The molecule has 112 valence electrons. The van der Waals surface area contributed by atoms with E-state index in [1.807, 2.05) is 0 Å². The first-order valence-corrected chi connectivity index (χ1v) is 7.05. The van der Waals surface area contributed by atoms with Gasteiger partial charge in [0.2, 0.25) is 0 Å². The van der Waals surface area contributed by atoms with Gasteiger partial charge in [-0.3, -0.25) is 0 Å². The van der Waals surface area contributed by atoms with E-state index in [0.29, 0.717) is 25.8 Å². The Hall–Kier alpha value is -1.23. The first-order valence-electron chi connectivity index (χ1n) is 7.05. The van der Waals surface area contributed by atoms with Crippen LogP contribution in [0.25, 0.3) is 0 Å². The van der Waals surface area contributed by atoms with Crippen molar-refractivity contribution in [3.63, 3.8) is 0 Å². The smallest absolute Gasteiger partial charge is 0.393 e. The lowest BCUT2D eigenvalue weighted by molar-refractivity contribution is -0.188. The van der Waals surface area contributed by atoms with Gasteiger partial charge in [-0.1, -0.05) is 25.0 Å². The van der Waals surface area contributed by atoms with E-state index in [-0.39, 0.29) is 12.2 Å². The van der Waals surface area contributed by atoms with Crippen LogP contribution in [0.4, 0.5) is 13.2 Å². The zero-order valence-corrected chi connectivity index (χ0v) is 11.3. The van der Waals surface area contributed by atoms with E-state index in [2.05, 4.69) is 5.32 Å². The molecule has 2 atom stereocenters. The number of halogens is 3. The van der Waals surface area contributed by atoms with Crippen molar-refractivity contribution >= 4 is 0 Å². The maximum Gasteiger partial charge on any atom is 0.393 e. The molecule has 2 rings (SSSR count). The van der Waals surface area contributed by atoms with Crippen molar-refractivity contribution in [2.45, 2.75) is 44.3 Å². The van der Waals surface area contributed by atoms with Gasteiger partial charge in [0.15, 0.2) is 0 Å². The van der Waals surface area contributed by atoms with Crippen LogP contribution in [-0.2, 0) is 6.42 Å². The Morgan fingerprint density at radius 2 is 1.75 bits per heavy atom. The Labute approximate surface area is 117 Å². The molecule has 0 amide bonds. The summed E-state index contributed by atoms with van der Waals surface area (Å²) in [5, 5.41) is 12.2. The molecule has 0 saturated heterocycles. The van der Waals surface area contributed by atoms with Crippen LogP contribution >= 0.6 is 0 Å². The van der Waals surface area contributed by atoms with Crippen LogP contribution in [0.15, 0.2) is 24.3 Å². The van der Waals surface area contributed by atoms with Crippen LogP contribution in [0.5, 0.6) is 5.75 Å². The molecule has 0 aromatic heterocycles. The number of hydrogen-bond donors (Lipinski definition) is 2. The van der Waals surface area contributed by atoms with E-state index in [9.17, 15) is 13.2 Å². The van der Waals surface area contributed by atoms with Crippen molar-refractivity contribution < 1.29 is 18.3 Å². The second-order valence-electron chi connectivity index (χ2n) is 5.41. The number of rotatable bonds is 4. The van der Waals surface area contributed by atoms with Crippen LogP contribution in [0.2, 0.25) is 0 Å². The number of aromatic hydroxyl groups is 1. The summed E-state index contributed by atoms with van der Waals surface area (Å²) < 4.78 is 38.8. The number of alkyl halides is 3. The highest BCUT2D eigenvalue weighted by atomic mass is 19.4. The van der Waals surface area contributed by atoms with Gasteiger partial charge >= 0.3 is 6.18 Å². The average molecular weight is 287 g/mol. The van der Waals surface area contributed by atoms with Crippen LogP contribution in [0.3, 0.4) is 0 Å². The maximum absolute atomic E-state index is 12.9. The first kappa shape index (κ1) is 15.2. The van der Waals surface area contributed by atoms with Gasteiger partial charge < -0.3 is 10.4 Å². The molecule has 1 aliphatic rings. The molecule has 0 spiro atoms.